The van der Waals surface area contributed by atoms with Crippen LogP contribution in [0.15, 0.2) is 54.9 Å². The lowest BCUT2D eigenvalue weighted by Gasteiger charge is -2.11. The van der Waals surface area contributed by atoms with E-state index in [4.69, 9.17) is 4.74 Å². The van der Waals surface area contributed by atoms with Crippen LogP contribution in [0.4, 0.5) is 13.2 Å². The highest BCUT2D eigenvalue weighted by Gasteiger charge is 2.30. The molecule has 0 saturated carbocycles. The Morgan fingerprint density at radius 3 is 2.29 bits per heavy atom. The van der Waals surface area contributed by atoms with Crippen molar-refractivity contribution in [1.29, 1.82) is 0 Å². The van der Waals surface area contributed by atoms with E-state index in [2.05, 4.69) is 15.0 Å². The van der Waals surface area contributed by atoms with Gasteiger partial charge in [-0.15, -0.1) is 0 Å². The second-order valence-corrected chi connectivity index (χ2v) is 4.90. The van der Waals surface area contributed by atoms with Gasteiger partial charge in [0.25, 0.3) is 0 Å². The van der Waals surface area contributed by atoms with Gasteiger partial charge in [0, 0.05) is 11.8 Å². The molecule has 0 N–H and O–H groups in total. The van der Waals surface area contributed by atoms with Gasteiger partial charge in [0.05, 0.1) is 18.9 Å². The first-order chi connectivity index (χ1) is 11.5. The van der Waals surface area contributed by atoms with Gasteiger partial charge < -0.3 is 4.74 Å². The zero-order valence-electron chi connectivity index (χ0n) is 12.6. The number of rotatable bonds is 3. The van der Waals surface area contributed by atoms with E-state index >= 15 is 0 Å². The van der Waals surface area contributed by atoms with Crippen molar-refractivity contribution in [3.05, 3.63) is 60.4 Å². The summed E-state index contributed by atoms with van der Waals surface area (Å²) < 4.78 is 43.3. The lowest BCUT2D eigenvalue weighted by atomic mass is 10.1. The second kappa shape index (κ2) is 6.27. The number of pyridine rings is 1. The summed E-state index contributed by atoms with van der Waals surface area (Å²) in [7, 11) is 1.45. The molecule has 3 rings (SSSR count). The van der Waals surface area contributed by atoms with Crippen LogP contribution in [0, 0.1) is 0 Å². The van der Waals surface area contributed by atoms with Gasteiger partial charge in [0.2, 0.25) is 0 Å². The standard InChI is InChI=1S/C17H12F3N3O/c1-24-14-10-22-16(13-4-2-3-9-21-13)23-15(14)11-5-7-12(8-6-11)17(18,19)20/h2-10H,1H3. The second-order valence-electron chi connectivity index (χ2n) is 4.90. The lowest BCUT2D eigenvalue weighted by Crippen LogP contribution is -2.04. The number of nitrogens with zero attached hydrogens (tertiary/aromatic N) is 3. The van der Waals surface area contributed by atoms with Crippen molar-refractivity contribution < 1.29 is 17.9 Å². The first kappa shape index (κ1) is 15.9. The molecular weight excluding hydrogens is 319 g/mol. The maximum Gasteiger partial charge on any atom is 0.416 e. The molecule has 0 amide bonds. The van der Waals surface area contributed by atoms with E-state index in [0.717, 1.165) is 12.1 Å². The zero-order valence-corrected chi connectivity index (χ0v) is 12.6. The van der Waals surface area contributed by atoms with E-state index in [9.17, 15) is 13.2 Å². The van der Waals surface area contributed by atoms with E-state index in [1.54, 1.807) is 24.4 Å². The normalized spacial score (nSPS) is 11.3. The molecule has 0 aliphatic heterocycles. The summed E-state index contributed by atoms with van der Waals surface area (Å²) in [6.07, 6.45) is -1.29. The fourth-order valence-electron chi connectivity index (χ4n) is 2.16. The van der Waals surface area contributed by atoms with Gasteiger partial charge >= 0.3 is 6.18 Å². The molecule has 0 aliphatic carbocycles. The van der Waals surface area contributed by atoms with Crippen LogP contribution in [0.5, 0.6) is 5.75 Å². The monoisotopic (exact) mass is 331 g/mol. The van der Waals surface area contributed by atoms with E-state index in [1.807, 2.05) is 0 Å². The molecule has 2 heterocycles. The van der Waals surface area contributed by atoms with E-state index in [0.29, 0.717) is 28.5 Å². The summed E-state index contributed by atoms with van der Waals surface area (Å²) >= 11 is 0. The van der Waals surface area contributed by atoms with Crippen molar-refractivity contribution >= 4 is 0 Å². The molecule has 4 nitrogen and oxygen atoms in total. The topological polar surface area (TPSA) is 47.9 Å². The number of ether oxygens (including phenoxy) is 1. The number of methoxy groups -OCH3 is 1. The third-order valence-corrected chi connectivity index (χ3v) is 3.35. The summed E-state index contributed by atoms with van der Waals surface area (Å²) in [6.45, 7) is 0. The molecule has 0 saturated heterocycles. The Balaban J connectivity index is 2.06. The third kappa shape index (κ3) is 3.19. The maximum absolute atomic E-state index is 12.7. The van der Waals surface area contributed by atoms with E-state index in [-0.39, 0.29) is 0 Å². The molecule has 7 heteroatoms. The van der Waals surface area contributed by atoms with Crippen LogP contribution in [0.2, 0.25) is 0 Å². The summed E-state index contributed by atoms with van der Waals surface area (Å²) in [6, 6.07) is 10.1. The van der Waals surface area contributed by atoms with Gasteiger partial charge in [-0.05, 0) is 24.3 Å². The van der Waals surface area contributed by atoms with Crippen LogP contribution in [0.1, 0.15) is 5.56 Å². The Bertz CT molecular complexity index is 834. The molecule has 0 fully saturated rings. The number of benzene rings is 1. The van der Waals surface area contributed by atoms with Crippen molar-refractivity contribution in [3.8, 4) is 28.5 Å². The molecule has 0 aliphatic rings. The van der Waals surface area contributed by atoms with E-state index < -0.39 is 11.7 Å². The molecule has 1 aromatic carbocycles. The van der Waals surface area contributed by atoms with Crippen LogP contribution in [-0.2, 0) is 6.18 Å². The molecule has 0 atom stereocenters. The Hall–Kier alpha value is -2.96. The van der Waals surface area contributed by atoms with Crippen molar-refractivity contribution in [1.82, 2.24) is 15.0 Å². The SMILES string of the molecule is COc1cnc(-c2ccccn2)nc1-c1ccc(C(F)(F)F)cc1. The number of halogens is 3. The Morgan fingerprint density at radius 1 is 0.958 bits per heavy atom. The quantitative estimate of drug-likeness (QED) is 0.720. The van der Waals surface area contributed by atoms with Crippen LogP contribution in [-0.4, -0.2) is 22.1 Å². The smallest absolute Gasteiger partial charge is 0.416 e. The van der Waals surface area contributed by atoms with Gasteiger partial charge in [-0.3, -0.25) is 4.98 Å². The summed E-state index contributed by atoms with van der Waals surface area (Å²) in [5.74, 6) is 0.737. The third-order valence-electron chi connectivity index (χ3n) is 3.35. The summed E-state index contributed by atoms with van der Waals surface area (Å²) in [4.78, 5) is 12.8. The average Bonchev–Trinajstić information content (AvgIpc) is 2.61. The number of alkyl halides is 3. The molecule has 0 radical (unpaired) electrons. The molecule has 2 aromatic heterocycles. The minimum atomic E-state index is -4.38. The Labute approximate surface area is 136 Å². The van der Waals surface area contributed by atoms with Gasteiger partial charge in [-0.25, -0.2) is 9.97 Å². The Kier molecular flexibility index (Phi) is 4.16. The molecule has 122 valence electrons. The van der Waals surface area contributed by atoms with Crippen molar-refractivity contribution in [3.63, 3.8) is 0 Å². The fourth-order valence-corrected chi connectivity index (χ4v) is 2.16. The largest absolute Gasteiger partial charge is 0.493 e. The van der Waals surface area contributed by atoms with Crippen molar-refractivity contribution in [2.24, 2.45) is 0 Å². The predicted molar refractivity (Wildman–Crippen MR) is 82.3 cm³/mol. The molecule has 0 bridgehead atoms. The average molecular weight is 331 g/mol. The number of aromatic nitrogens is 3. The number of hydrogen-bond donors (Lipinski definition) is 0. The predicted octanol–water partition coefficient (Wildman–Crippen LogP) is 4.23. The lowest BCUT2D eigenvalue weighted by molar-refractivity contribution is -0.137. The molecular formula is C17H12F3N3O. The summed E-state index contributed by atoms with van der Waals surface area (Å²) in [5, 5.41) is 0. The molecule has 3 aromatic rings. The minimum Gasteiger partial charge on any atom is -0.493 e. The van der Waals surface area contributed by atoms with Gasteiger partial charge in [-0.2, -0.15) is 13.2 Å². The first-order valence-corrected chi connectivity index (χ1v) is 6.99. The van der Waals surface area contributed by atoms with Gasteiger partial charge in [-0.1, -0.05) is 18.2 Å². The number of hydrogen-bond acceptors (Lipinski definition) is 4. The first-order valence-electron chi connectivity index (χ1n) is 6.99. The zero-order chi connectivity index (χ0) is 17.2. The highest BCUT2D eigenvalue weighted by atomic mass is 19.4. The summed E-state index contributed by atoms with van der Waals surface area (Å²) in [5.41, 5.74) is 0.749. The minimum absolute atomic E-state index is 0.367. The van der Waals surface area contributed by atoms with Gasteiger partial charge in [0.1, 0.15) is 11.4 Å². The van der Waals surface area contributed by atoms with Crippen molar-refractivity contribution in [2.45, 2.75) is 6.18 Å². The highest BCUT2D eigenvalue weighted by Crippen LogP contribution is 2.33. The highest BCUT2D eigenvalue weighted by molar-refractivity contribution is 5.68. The molecule has 24 heavy (non-hydrogen) atoms. The van der Waals surface area contributed by atoms with Gasteiger partial charge in [0.15, 0.2) is 11.6 Å². The van der Waals surface area contributed by atoms with E-state index in [1.165, 1.54) is 25.4 Å². The maximum atomic E-state index is 12.7. The van der Waals surface area contributed by atoms with Crippen LogP contribution in [0.3, 0.4) is 0 Å². The Morgan fingerprint density at radius 2 is 1.71 bits per heavy atom. The van der Waals surface area contributed by atoms with Crippen LogP contribution in [0.25, 0.3) is 22.8 Å². The van der Waals surface area contributed by atoms with Crippen LogP contribution < -0.4 is 4.74 Å². The molecule has 0 spiro atoms. The van der Waals surface area contributed by atoms with Crippen molar-refractivity contribution in [2.75, 3.05) is 7.11 Å². The fraction of sp³-hybridized carbons (Fsp3) is 0.118. The van der Waals surface area contributed by atoms with Crippen LogP contribution >= 0.6 is 0 Å². The molecule has 0 unspecified atom stereocenters.